The molecule has 0 radical (unpaired) electrons. The quantitative estimate of drug-likeness (QED) is 0.261. The van der Waals surface area contributed by atoms with Crippen LogP contribution in [0.5, 0.6) is 5.75 Å². The van der Waals surface area contributed by atoms with Crippen molar-refractivity contribution < 1.29 is 35.9 Å². The van der Waals surface area contributed by atoms with Crippen LogP contribution in [-0.4, -0.2) is 27.6 Å². The van der Waals surface area contributed by atoms with Gasteiger partial charge >= 0.3 is 0 Å². The first-order valence-electron chi connectivity index (χ1n) is 8.84. The molecule has 0 spiro atoms. The summed E-state index contributed by atoms with van der Waals surface area (Å²) in [6, 6.07) is 2.59. The van der Waals surface area contributed by atoms with Gasteiger partial charge in [0.1, 0.15) is 12.4 Å². The van der Waals surface area contributed by atoms with Gasteiger partial charge in [0, 0.05) is 19.8 Å². The fraction of sp³-hybridized carbons (Fsp3) is 0.263. The average Bonchev–Trinajstić information content (AvgIpc) is 3.36. The molecule has 166 valence electrons. The van der Waals surface area contributed by atoms with Gasteiger partial charge in [-0.25, -0.2) is 13.2 Å². The molecule has 1 aromatic carbocycles. The summed E-state index contributed by atoms with van der Waals surface area (Å²) < 4.78 is 79.3. The first-order chi connectivity index (χ1) is 14.6. The topological polar surface area (TPSA) is 60.5 Å². The number of aryl methyl sites for hydroxylation is 1. The molecule has 0 aliphatic heterocycles. The third kappa shape index (κ3) is 4.58. The van der Waals surface area contributed by atoms with Gasteiger partial charge in [-0.2, -0.15) is 13.9 Å². The van der Waals surface area contributed by atoms with Crippen molar-refractivity contribution in [3.05, 3.63) is 69.1 Å². The molecule has 3 rings (SSSR count). The van der Waals surface area contributed by atoms with Gasteiger partial charge in [-0.3, -0.25) is 9.48 Å². The van der Waals surface area contributed by atoms with E-state index in [1.54, 1.807) is 10.9 Å². The lowest BCUT2D eigenvalue weighted by molar-refractivity contribution is 0.0746. The molecule has 0 unspecified atom stereocenters. The molecule has 2 aromatic heterocycles. The Hall–Kier alpha value is -2.89. The summed E-state index contributed by atoms with van der Waals surface area (Å²) >= 11 is 3.37. The minimum Gasteiger partial charge on any atom is -0.479 e. The average molecular weight is 508 g/mol. The van der Waals surface area contributed by atoms with E-state index in [0.717, 1.165) is 4.47 Å². The van der Waals surface area contributed by atoms with E-state index < -0.39 is 47.3 Å². The summed E-state index contributed by atoms with van der Waals surface area (Å²) in [6.07, 6.45) is 1.77. The van der Waals surface area contributed by atoms with E-state index in [4.69, 9.17) is 9.15 Å². The Balaban J connectivity index is 1.69. The number of hydrogen-bond acceptors (Lipinski definition) is 4. The van der Waals surface area contributed by atoms with Crippen LogP contribution in [0.1, 0.15) is 28.9 Å². The number of amides is 1. The summed E-state index contributed by atoms with van der Waals surface area (Å²) in [5.41, 5.74) is 0.624. The summed E-state index contributed by atoms with van der Waals surface area (Å²) in [6.45, 7) is 2.07. The van der Waals surface area contributed by atoms with Gasteiger partial charge in [0.15, 0.2) is 11.5 Å². The SMILES string of the molecule is CCn1cc(Br)c(CN(C)C(=O)c2ccc(COc3c(F)c(F)c(F)c(F)c3F)o2)n1. The van der Waals surface area contributed by atoms with E-state index in [1.165, 1.54) is 24.1 Å². The van der Waals surface area contributed by atoms with Gasteiger partial charge in [0.2, 0.25) is 29.1 Å². The number of halogens is 6. The lowest BCUT2D eigenvalue weighted by Crippen LogP contribution is -2.26. The minimum atomic E-state index is -2.29. The van der Waals surface area contributed by atoms with E-state index in [9.17, 15) is 26.7 Å². The minimum absolute atomic E-state index is 0.0582. The highest BCUT2D eigenvalue weighted by Crippen LogP contribution is 2.30. The lowest BCUT2D eigenvalue weighted by Gasteiger charge is -2.14. The molecule has 0 aliphatic rings. The molecule has 6 nitrogen and oxygen atoms in total. The van der Waals surface area contributed by atoms with E-state index >= 15 is 0 Å². The fourth-order valence-corrected chi connectivity index (χ4v) is 3.06. The highest BCUT2D eigenvalue weighted by Gasteiger charge is 2.27. The zero-order valence-corrected chi connectivity index (χ0v) is 17.8. The number of nitrogens with zero attached hydrogens (tertiary/aromatic N) is 3. The fourth-order valence-electron chi connectivity index (χ4n) is 2.62. The van der Waals surface area contributed by atoms with Crippen molar-refractivity contribution in [2.75, 3.05) is 7.05 Å². The summed E-state index contributed by atoms with van der Waals surface area (Å²) in [5.74, 6) is -12.8. The van der Waals surface area contributed by atoms with Crippen molar-refractivity contribution in [2.45, 2.75) is 26.6 Å². The van der Waals surface area contributed by atoms with Crippen molar-refractivity contribution in [2.24, 2.45) is 0 Å². The van der Waals surface area contributed by atoms with E-state index in [2.05, 4.69) is 21.0 Å². The molecule has 1 amide bonds. The largest absolute Gasteiger partial charge is 0.479 e. The number of furan rings is 1. The predicted octanol–water partition coefficient (Wildman–Crippen LogP) is 4.81. The van der Waals surface area contributed by atoms with Gasteiger partial charge < -0.3 is 14.1 Å². The van der Waals surface area contributed by atoms with Crippen molar-refractivity contribution in [1.29, 1.82) is 0 Å². The molecule has 0 bridgehead atoms. The van der Waals surface area contributed by atoms with Gasteiger partial charge in [0.05, 0.1) is 16.7 Å². The third-order valence-corrected chi connectivity index (χ3v) is 4.91. The Morgan fingerprint density at radius 2 is 1.74 bits per heavy atom. The zero-order chi connectivity index (χ0) is 22.9. The van der Waals surface area contributed by atoms with Crippen molar-refractivity contribution in [3.63, 3.8) is 0 Å². The highest BCUT2D eigenvalue weighted by molar-refractivity contribution is 9.10. The molecular formula is C19H15BrF5N3O3. The van der Waals surface area contributed by atoms with E-state index in [-0.39, 0.29) is 18.1 Å². The summed E-state index contributed by atoms with van der Waals surface area (Å²) in [4.78, 5) is 13.9. The number of carbonyl (C=O) groups is 1. The molecule has 0 saturated carbocycles. The van der Waals surface area contributed by atoms with Crippen LogP contribution in [0.25, 0.3) is 0 Å². The standard InChI is InChI=1S/C19H15BrF5N3O3/c1-3-28-6-10(20)11(26-28)7-27(2)19(29)12-5-4-9(31-12)8-30-18-16(24)14(22)13(21)15(23)17(18)25/h4-6H,3,7-8H2,1-2H3. The van der Waals surface area contributed by atoms with Crippen LogP contribution < -0.4 is 4.74 Å². The molecular weight excluding hydrogens is 493 g/mol. The van der Waals surface area contributed by atoms with Gasteiger partial charge in [0.25, 0.3) is 5.91 Å². The van der Waals surface area contributed by atoms with Crippen molar-refractivity contribution >= 4 is 21.8 Å². The maximum absolute atomic E-state index is 13.7. The Morgan fingerprint density at radius 1 is 1.13 bits per heavy atom. The number of aromatic nitrogens is 2. The van der Waals surface area contributed by atoms with Gasteiger partial charge in [-0.05, 0) is 35.0 Å². The molecule has 0 fully saturated rings. The Morgan fingerprint density at radius 3 is 2.32 bits per heavy atom. The molecule has 12 heteroatoms. The highest BCUT2D eigenvalue weighted by atomic mass is 79.9. The van der Waals surface area contributed by atoms with Crippen LogP contribution in [0.15, 0.2) is 27.2 Å². The smallest absolute Gasteiger partial charge is 0.289 e. The second kappa shape index (κ2) is 9.08. The normalized spacial score (nSPS) is 11.1. The summed E-state index contributed by atoms with van der Waals surface area (Å²) in [7, 11) is 1.52. The molecule has 3 aromatic rings. The first-order valence-corrected chi connectivity index (χ1v) is 9.63. The number of ether oxygens (including phenoxy) is 1. The van der Waals surface area contributed by atoms with Crippen molar-refractivity contribution in [3.8, 4) is 5.75 Å². The van der Waals surface area contributed by atoms with Crippen LogP contribution >= 0.6 is 15.9 Å². The number of benzene rings is 1. The summed E-state index contributed by atoms with van der Waals surface area (Å²) in [5, 5.41) is 4.32. The third-order valence-electron chi connectivity index (χ3n) is 4.25. The monoisotopic (exact) mass is 507 g/mol. The predicted molar refractivity (Wildman–Crippen MR) is 101 cm³/mol. The first kappa shape index (κ1) is 22.8. The Labute approximate surface area is 181 Å². The van der Waals surface area contributed by atoms with Gasteiger partial charge in [-0.1, -0.05) is 0 Å². The number of rotatable bonds is 7. The van der Waals surface area contributed by atoms with E-state index in [1.807, 2.05) is 6.92 Å². The molecule has 0 saturated heterocycles. The number of hydrogen-bond donors (Lipinski definition) is 0. The second-order valence-electron chi connectivity index (χ2n) is 6.39. The molecule has 31 heavy (non-hydrogen) atoms. The number of carbonyl (C=O) groups excluding carboxylic acids is 1. The van der Waals surface area contributed by atoms with Crippen LogP contribution in [0.4, 0.5) is 22.0 Å². The van der Waals surface area contributed by atoms with Crippen LogP contribution in [0.2, 0.25) is 0 Å². The maximum Gasteiger partial charge on any atom is 0.289 e. The van der Waals surface area contributed by atoms with Crippen LogP contribution in [0.3, 0.4) is 0 Å². The maximum atomic E-state index is 13.7. The van der Waals surface area contributed by atoms with Gasteiger partial charge in [-0.15, -0.1) is 0 Å². The van der Waals surface area contributed by atoms with E-state index in [0.29, 0.717) is 12.2 Å². The lowest BCUT2D eigenvalue weighted by atomic mass is 10.2. The van der Waals surface area contributed by atoms with Crippen LogP contribution in [0, 0.1) is 29.1 Å². The molecule has 0 atom stereocenters. The zero-order valence-electron chi connectivity index (χ0n) is 16.2. The van der Waals surface area contributed by atoms with Crippen molar-refractivity contribution in [1.82, 2.24) is 14.7 Å². The molecule has 0 N–H and O–H groups in total. The van der Waals surface area contributed by atoms with Crippen LogP contribution in [-0.2, 0) is 19.7 Å². The second-order valence-corrected chi connectivity index (χ2v) is 7.25. The Bertz CT molecular complexity index is 1100. The Kier molecular flexibility index (Phi) is 6.68. The molecule has 2 heterocycles. The molecule has 0 aliphatic carbocycles.